The van der Waals surface area contributed by atoms with E-state index in [0.717, 1.165) is 42.8 Å². The lowest BCUT2D eigenvalue weighted by Gasteiger charge is -2.27. The molecule has 1 fully saturated rings. The van der Waals surface area contributed by atoms with E-state index in [2.05, 4.69) is 10.6 Å². The number of halogens is 1. The smallest absolute Gasteiger partial charge is 0.253 e. The number of anilines is 2. The Labute approximate surface area is 160 Å². The molecule has 0 saturated heterocycles. The number of ether oxygens (including phenoxy) is 1. The van der Waals surface area contributed by atoms with Crippen LogP contribution >= 0.6 is 12.4 Å². The Morgan fingerprint density at radius 2 is 1.69 bits per heavy atom. The maximum atomic E-state index is 12.7. The maximum Gasteiger partial charge on any atom is 0.253 e. The van der Waals surface area contributed by atoms with E-state index in [9.17, 15) is 4.79 Å². The summed E-state index contributed by atoms with van der Waals surface area (Å²) >= 11 is 0. The summed E-state index contributed by atoms with van der Waals surface area (Å²) in [7, 11) is 1.64. The normalized spacial score (nSPS) is 19.2. The molecule has 0 aliphatic heterocycles. The highest BCUT2D eigenvalue weighted by Crippen LogP contribution is 2.24. The maximum absolute atomic E-state index is 12.7. The Morgan fingerprint density at radius 3 is 2.35 bits per heavy atom. The van der Waals surface area contributed by atoms with Gasteiger partial charge < -0.3 is 21.1 Å². The van der Waals surface area contributed by atoms with E-state index in [1.165, 1.54) is 0 Å². The average molecular weight is 376 g/mol. The topological polar surface area (TPSA) is 76.4 Å². The van der Waals surface area contributed by atoms with Crippen LogP contribution in [0.25, 0.3) is 0 Å². The minimum Gasteiger partial charge on any atom is -0.497 e. The van der Waals surface area contributed by atoms with Crippen molar-refractivity contribution in [2.24, 2.45) is 5.73 Å². The molecule has 4 N–H and O–H groups in total. The van der Waals surface area contributed by atoms with Gasteiger partial charge in [0, 0.05) is 17.8 Å². The number of amides is 1. The van der Waals surface area contributed by atoms with E-state index in [4.69, 9.17) is 10.5 Å². The summed E-state index contributed by atoms with van der Waals surface area (Å²) in [5, 5.41) is 6.46. The van der Waals surface area contributed by atoms with Gasteiger partial charge in [0.2, 0.25) is 0 Å². The number of para-hydroxylation sites is 1. The summed E-state index contributed by atoms with van der Waals surface area (Å²) < 4.78 is 5.17. The number of carbonyl (C=O) groups excluding carboxylic acids is 1. The molecule has 0 bridgehead atoms. The Kier molecular flexibility index (Phi) is 7.30. The first kappa shape index (κ1) is 20.1. The summed E-state index contributed by atoms with van der Waals surface area (Å²) in [5.74, 6) is 0.754. The van der Waals surface area contributed by atoms with Crippen molar-refractivity contribution in [3.63, 3.8) is 0 Å². The molecule has 3 rings (SSSR count). The summed E-state index contributed by atoms with van der Waals surface area (Å²) in [6, 6.07) is 15.7. The summed E-state index contributed by atoms with van der Waals surface area (Å²) in [4.78, 5) is 12.7. The van der Waals surface area contributed by atoms with E-state index in [-0.39, 0.29) is 30.4 Å². The van der Waals surface area contributed by atoms with Gasteiger partial charge in [-0.2, -0.15) is 0 Å². The van der Waals surface area contributed by atoms with Crippen molar-refractivity contribution in [1.29, 1.82) is 0 Å². The van der Waals surface area contributed by atoms with Gasteiger partial charge in [0.1, 0.15) is 5.75 Å². The van der Waals surface area contributed by atoms with Crippen molar-refractivity contribution < 1.29 is 9.53 Å². The molecule has 5 nitrogen and oxygen atoms in total. The van der Waals surface area contributed by atoms with Gasteiger partial charge in [-0.1, -0.05) is 12.1 Å². The molecule has 1 aliphatic rings. The molecule has 0 radical (unpaired) electrons. The Hall–Kier alpha value is -2.24. The minimum absolute atomic E-state index is 0. The van der Waals surface area contributed by atoms with Crippen LogP contribution in [0.1, 0.15) is 36.0 Å². The SMILES string of the molecule is COc1ccc(Nc2ccccc2C(=O)NC2CCC(N)CC2)cc1.Cl. The van der Waals surface area contributed by atoms with Crippen LogP contribution in [0.2, 0.25) is 0 Å². The van der Waals surface area contributed by atoms with Gasteiger partial charge in [-0.15, -0.1) is 12.4 Å². The van der Waals surface area contributed by atoms with Crippen molar-refractivity contribution in [2.45, 2.75) is 37.8 Å². The summed E-state index contributed by atoms with van der Waals surface area (Å²) in [6.45, 7) is 0. The molecule has 2 aromatic carbocycles. The fourth-order valence-corrected chi connectivity index (χ4v) is 3.15. The van der Waals surface area contributed by atoms with Crippen molar-refractivity contribution in [2.75, 3.05) is 12.4 Å². The minimum atomic E-state index is -0.0444. The number of carbonyl (C=O) groups is 1. The molecule has 1 aliphatic carbocycles. The Balaban J connectivity index is 0.00000243. The predicted octanol–water partition coefficient (Wildman–Crippen LogP) is 3.86. The highest BCUT2D eigenvalue weighted by Gasteiger charge is 2.21. The molecule has 6 heteroatoms. The third-order valence-electron chi connectivity index (χ3n) is 4.65. The van der Waals surface area contributed by atoms with Gasteiger partial charge in [-0.05, 0) is 62.1 Å². The van der Waals surface area contributed by atoms with Gasteiger partial charge in [-0.25, -0.2) is 0 Å². The fraction of sp³-hybridized carbons (Fsp3) is 0.350. The molecular weight excluding hydrogens is 350 g/mol. The number of nitrogens with one attached hydrogen (secondary N) is 2. The van der Waals surface area contributed by atoms with Crippen molar-refractivity contribution in [3.8, 4) is 5.75 Å². The highest BCUT2D eigenvalue weighted by molar-refractivity contribution is 6.00. The third-order valence-corrected chi connectivity index (χ3v) is 4.65. The first-order valence-corrected chi connectivity index (χ1v) is 8.72. The van der Waals surface area contributed by atoms with Crippen LogP contribution in [-0.2, 0) is 0 Å². The largest absolute Gasteiger partial charge is 0.497 e. The second-order valence-corrected chi connectivity index (χ2v) is 6.48. The first-order chi connectivity index (χ1) is 12.2. The second kappa shape index (κ2) is 9.46. The standard InChI is InChI=1S/C20H25N3O2.ClH/c1-25-17-12-10-15(11-13-17)22-19-5-3-2-4-18(19)20(24)23-16-8-6-14(21)7-9-16;/h2-5,10-14,16,22H,6-9,21H2,1H3,(H,23,24);1H. The average Bonchev–Trinajstić information content (AvgIpc) is 2.64. The molecule has 0 aromatic heterocycles. The molecule has 0 atom stereocenters. The van der Waals surface area contributed by atoms with E-state index in [1.54, 1.807) is 7.11 Å². The number of rotatable bonds is 5. The number of hydrogen-bond donors (Lipinski definition) is 3. The molecule has 0 spiro atoms. The quantitative estimate of drug-likeness (QED) is 0.741. The van der Waals surface area contributed by atoms with Gasteiger partial charge in [-0.3, -0.25) is 4.79 Å². The van der Waals surface area contributed by atoms with E-state index in [0.29, 0.717) is 5.56 Å². The van der Waals surface area contributed by atoms with Gasteiger partial charge in [0.25, 0.3) is 5.91 Å². The number of nitrogens with two attached hydrogens (primary N) is 1. The van der Waals surface area contributed by atoms with Crippen LogP contribution in [-0.4, -0.2) is 25.1 Å². The van der Waals surface area contributed by atoms with E-state index >= 15 is 0 Å². The lowest BCUT2D eigenvalue weighted by molar-refractivity contribution is 0.0926. The summed E-state index contributed by atoms with van der Waals surface area (Å²) in [5.41, 5.74) is 8.28. The van der Waals surface area contributed by atoms with Gasteiger partial charge >= 0.3 is 0 Å². The molecule has 2 aromatic rings. The van der Waals surface area contributed by atoms with Crippen molar-refractivity contribution in [1.82, 2.24) is 5.32 Å². The number of hydrogen-bond acceptors (Lipinski definition) is 4. The molecule has 0 heterocycles. The van der Waals surface area contributed by atoms with Crippen LogP contribution in [0, 0.1) is 0 Å². The third kappa shape index (κ3) is 5.13. The van der Waals surface area contributed by atoms with Crippen LogP contribution in [0.5, 0.6) is 5.75 Å². The van der Waals surface area contributed by atoms with Gasteiger partial charge in [0.15, 0.2) is 0 Å². The Morgan fingerprint density at radius 1 is 1.04 bits per heavy atom. The lowest BCUT2D eigenvalue weighted by Crippen LogP contribution is -2.40. The lowest BCUT2D eigenvalue weighted by atomic mass is 9.91. The predicted molar refractivity (Wildman–Crippen MR) is 108 cm³/mol. The molecule has 26 heavy (non-hydrogen) atoms. The summed E-state index contributed by atoms with van der Waals surface area (Å²) in [6.07, 6.45) is 3.83. The number of methoxy groups -OCH3 is 1. The zero-order valence-electron chi connectivity index (χ0n) is 14.9. The van der Waals surface area contributed by atoms with Crippen LogP contribution in [0.15, 0.2) is 48.5 Å². The molecule has 1 amide bonds. The van der Waals surface area contributed by atoms with Crippen LogP contribution in [0.3, 0.4) is 0 Å². The van der Waals surface area contributed by atoms with E-state index in [1.807, 2.05) is 48.5 Å². The second-order valence-electron chi connectivity index (χ2n) is 6.48. The monoisotopic (exact) mass is 375 g/mol. The van der Waals surface area contributed by atoms with Gasteiger partial charge in [0.05, 0.1) is 18.4 Å². The fourth-order valence-electron chi connectivity index (χ4n) is 3.15. The zero-order chi connectivity index (χ0) is 17.6. The first-order valence-electron chi connectivity index (χ1n) is 8.72. The highest BCUT2D eigenvalue weighted by atomic mass is 35.5. The van der Waals surface area contributed by atoms with Crippen LogP contribution < -0.4 is 21.1 Å². The molecule has 140 valence electrons. The Bertz CT molecular complexity index is 713. The number of benzene rings is 2. The van der Waals surface area contributed by atoms with Crippen molar-refractivity contribution in [3.05, 3.63) is 54.1 Å². The van der Waals surface area contributed by atoms with E-state index < -0.39 is 0 Å². The molecule has 0 unspecified atom stereocenters. The van der Waals surface area contributed by atoms with Crippen LogP contribution in [0.4, 0.5) is 11.4 Å². The zero-order valence-corrected chi connectivity index (χ0v) is 15.7. The molecule has 1 saturated carbocycles. The van der Waals surface area contributed by atoms with Crippen molar-refractivity contribution >= 4 is 29.7 Å². The molecular formula is C20H26ClN3O2.